The van der Waals surface area contributed by atoms with Gasteiger partial charge in [0.05, 0.1) is 0 Å². The highest BCUT2D eigenvalue weighted by atomic mass is 16.5. The van der Waals surface area contributed by atoms with Crippen LogP contribution >= 0.6 is 0 Å². The minimum absolute atomic E-state index is 0.526. The summed E-state index contributed by atoms with van der Waals surface area (Å²) in [4.78, 5) is 13.6. The van der Waals surface area contributed by atoms with Crippen molar-refractivity contribution in [1.82, 2.24) is 14.9 Å². The van der Waals surface area contributed by atoms with E-state index in [-0.39, 0.29) is 0 Å². The predicted octanol–water partition coefficient (Wildman–Crippen LogP) is 2.59. The van der Waals surface area contributed by atoms with Crippen LogP contribution in [0.2, 0.25) is 0 Å². The van der Waals surface area contributed by atoms with Crippen molar-refractivity contribution in [3.63, 3.8) is 0 Å². The summed E-state index contributed by atoms with van der Waals surface area (Å²) in [6.45, 7) is 5.76. The summed E-state index contributed by atoms with van der Waals surface area (Å²) in [7, 11) is 2.18. The van der Waals surface area contributed by atoms with Gasteiger partial charge in [-0.1, -0.05) is 37.3 Å². The first kappa shape index (κ1) is 15.7. The van der Waals surface area contributed by atoms with Crippen LogP contribution in [-0.2, 0) is 6.61 Å². The van der Waals surface area contributed by atoms with Crippen LogP contribution in [0.25, 0.3) is 0 Å². The third-order valence-electron chi connectivity index (χ3n) is 4.42. The molecule has 3 rings (SSSR count). The molecule has 0 saturated carbocycles. The summed E-state index contributed by atoms with van der Waals surface area (Å²) >= 11 is 0. The maximum absolute atomic E-state index is 5.80. The summed E-state index contributed by atoms with van der Waals surface area (Å²) in [5, 5.41) is 0. The SMILES string of the molecule is CCN(C)C1CCN(c2nccc(OCc3ccccc3)n2)C1. The van der Waals surface area contributed by atoms with Crippen LogP contribution in [0.3, 0.4) is 0 Å². The molecule has 1 fully saturated rings. The van der Waals surface area contributed by atoms with Gasteiger partial charge in [0, 0.05) is 31.4 Å². The zero-order valence-corrected chi connectivity index (χ0v) is 13.9. The lowest BCUT2D eigenvalue weighted by Crippen LogP contribution is -2.34. The third kappa shape index (κ3) is 3.99. The molecule has 23 heavy (non-hydrogen) atoms. The number of anilines is 1. The summed E-state index contributed by atoms with van der Waals surface area (Å²) in [6.07, 6.45) is 2.93. The van der Waals surface area contributed by atoms with Gasteiger partial charge in [-0.3, -0.25) is 0 Å². The Bertz CT molecular complexity index is 619. The number of nitrogens with zero attached hydrogens (tertiary/aromatic N) is 4. The van der Waals surface area contributed by atoms with Gasteiger partial charge in [-0.15, -0.1) is 0 Å². The maximum Gasteiger partial charge on any atom is 0.228 e. The van der Waals surface area contributed by atoms with Gasteiger partial charge in [0.25, 0.3) is 0 Å². The second-order valence-corrected chi connectivity index (χ2v) is 5.93. The molecule has 5 nitrogen and oxygen atoms in total. The number of rotatable bonds is 6. The Hall–Kier alpha value is -2.14. The Morgan fingerprint density at radius 1 is 1.26 bits per heavy atom. The summed E-state index contributed by atoms with van der Waals surface area (Å²) in [5.74, 6) is 1.40. The van der Waals surface area contributed by atoms with Crippen LogP contribution < -0.4 is 9.64 Å². The monoisotopic (exact) mass is 312 g/mol. The normalized spacial score (nSPS) is 17.7. The fourth-order valence-electron chi connectivity index (χ4n) is 2.84. The lowest BCUT2D eigenvalue weighted by Gasteiger charge is -2.23. The molecule has 0 N–H and O–H groups in total. The highest BCUT2D eigenvalue weighted by molar-refractivity contribution is 5.34. The molecule has 0 spiro atoms. The molecule has 122 valence electrons. The van der Waals surface area contributed by atoms with Crippen LogP contribution in [0.15, 0.2) is 42.6 Å². The first-order chi connectivity index (χ1) is 11.3. The van der Waals surface area contributed by atoms with Gasteiger partial charge in [0.2, 0.25) is 11.8 Å². The van der Waals surface area contributed by atoms with Crippen molar-refractivity contribution in [1.29, 1.82) is 0 Å². The van der Waals surface area contributed by atoms with E-state index in [0.717, 1.165) is 37.6 Å². The largest absolute Gasteiger partial charge is 0.473 e. The van der Waals surface area contributed by atoms with Gasteiger partial charge in [-0.25, -0.2) is 4.98 Å². The minimum Gasteiger partial charge on any atom is -0.473 e. The van der Waals surface area contributed by atoms with Crippen LogP contribution in [0, 0.1) is 0 Å². The Morgan fingerprint density at radius 3 is 2.87 bits per heavy atom. The average molecular weight is 312 g/mol. The Kier molecular flexibility index (Phi) is 5.08. The van der Waals surface area contributed by atoms with Crippen LogP contribution in [0.1, 0.15) is 18.9 Å². The van der Waals surface area contributed by atoms with Gasteiger partial charge in [-0.2, -0.15) is 4.98 Å². The van der Waals surface area contributed by atoms with Crippen LogP contribution in [0.5, 0.6) is 5.88 Å². The van der Waals surface area contributed by atoms with E-state index in [1.807, 2.05) is 36.4 Å². The van der Waals surface area contributed by atoms with Crippen molar-refractivity contribution in [2.75, 3.05) is 31.6 Å². The molecular formula is C18H24N4O. The Morgan fingerprint density at radius 2 is 2.09 bits per heavy atom. The Balaban J connectivity index is 1.61. The summed E-state index contributed by atoms with van der Waals surface area (Å²) < 4.78 is 5.80. The molecule has 1 aliphatic rings. The highest BCUT2D eigenvalue weighted by Crippen LogP contribution is 2.21. The smallest absolute Gasteiger partial charge is 0.228 e. The minimum atomic E-state index is 0.526. The molecule has 1 atom stereocenters. The number of aromatic nitrogens is 2. The fraction of sp³-hybridized carbons (Fsp3) is 0.444. The molecule has 1 aromatic carbocycles. The number of ether oxygens (including phenoxy) is 1. The van der Waals surface area contributed by atoms with E-state index in [0.29, 0.717) is 18.5 Å². The lowest BCUT2D eigenvalue weighted by molar-refractivity contribution is 0.272. The van der Waals surface area contributed by atoms with Crippen molar-refractivity contribution in [3.8, 4) is 5.88 Å². The number of benzene rings is 1. The number of hydrogen-bond donors (Lipinski definition) is 0. The lowest BCUT2D eigenvalue weighted by atomic mass is 10.2. The highest BCUT2D eigenvalue weighted by Gasteiger charge is 2.26. The van der Waals surface area contributed by atoms with Gasteiger partial charge in [0.15, 0.2) is 0 Å². The molecule has 1 aliphatic heterocycles. The average Bonchev–Trinajstić information content (AvgIpc) is 3.11. The van der Waals surface area contributed by atoms with Gasteiger partial charge >= 0.3 is 0 Å². The number of hydrogen-bond acceptors (Lipinski definition) is 5. The molecule has 0 aliphatic carbocycles. The topological polar surface area (TPSA) is 41.5 Å². The second-order valence-electron chi connectivity index (χ2n) is 5.93. The van der Waals surface area contributed by atoms with Crippen molar-refractivity contribution in [3.05, 3.63) is 48.2 Å². The van der Waals surface area contributed by atoms with E-state index in [1.165, 1.54) is 0 Å². The van der Waals surface area contributed by atoms with E-state index in [2.05, 4.69) is 33.7 Å². The first-order valence-corrected chi connectivity index (χ1v) is 8.21. The fourth-order valence-corrected chi connectivity index (χ4v) is 2.84. The first-order valence-electron chi connectivity index (χ1n) is 8.21. The standard InChI is InChI=1S/C18H24N4O/c1-3-21(2)16-10-12-22(13-16)18-19-11-9-17(20-18)23-14-15-7-5-4-6-8-15/h4-9,11,16H,3,10,12-14H2,1-2H3. The maximum atomic E-state index is 5.80. The van der Waals surface area contributed by atoms with Gasteiger partial charge in [-0.05, 0) is 25.6 Å². The molecule has 0 radical (unpaired) electrons. The quantitative estimate of drug-likeness (QED) is 0.820. The zero-order valence-electron chi connectivity index (χ0n) is 13.9. The molecule has 1 saturated heterocycles. The van der Waals surface area contributed by atoms with Crippen molar-refractivity contribution >= 4 is 5.95 Å². The molecule has 1 unspecified atom stereocenters. The van der Waals surface area contributed by atoms with Crippen LogP contribution in [0.4, 0.5) is 5.95 Å². The van der Waals surface area contributed by atoms with Gasteiger partial charge in [0.1, 0.15) is 6.61 Å². The van der Waals surface area contributed by atoms with E-state index < -0.39 is 0 Å². The second kappa shape index (κ2) is 7.42. The van der Waals surface area contributed by atoms with E-state index in [4.69, 9.17) is 4.74 Å². The summed E-state index contributed by atoms with van der Waals surface area (Å²) in [6, 6.07) is 12.5. The van der Waals surface area contributed by atoms with Gasteiger partial charge < -0.3 is 14.5 Å². The summed E-state index contributed by atoms with van der Waals surface area (Å²) in [5.41, 5.74) is 1.14. The van der Waals surface area contributed by atoms with Crippen molar-refractivity contribution in [2.45, 2.75) is 26.0 Å². The van der Waals surface area contributed by atoms with Crippen molar-refractivity contribution < 1.29 is 4.74 Å². The zero-order chi connectivity index (χ0) is 16.1. The van der Waals surface area contributed by atoms with E-state index >= 15 is 0 Å². The van der Waals surface area contributed by atoms with Crippen molar-refractivity contribution in [2.24, 2.45) is 0 Å². The molecule has 0 bridgehead atoms. The molecular weight excluding hydrogens is 288 g/mol. The molecule has 2 aromatic rings. The molecule has 1 aromatic heterocycles. The predicted molar refractivity (Wildman–Crippen MR) is 91.7 cm³/mol. The number of likely N-dealkylation sites (N-methyl/N-ethyl adjacent to an activating group) is 1. The molecule has 0 amide bonds. The Labute approximate surface area is 137 Å². The van der Waals surface area contributed by atoms with E-state index in [1.54, 1.807) is 6.20 Å². The van der Waals surface area contributed by atoms with E-state index in [9.17, 15) is 0 Å². The molecule has 2 heterocycles. The molecule has 5 heteroatoms. The van der Waals surface area contributed by atoms with Crippen LogP contribution in [-0.4, -0.2) is 47.6 Å². The third-order valence-corrected chi connectivity index (χ3v) is 4.42.